The number of carbonyl (C=O) groups is 2. The Bertz CT molecular complexity index is 954. The number of aliphatic hydroxyl groups is 4. The van der Waals surface area contributed by atoms with Gasteiger partial charge in [-0.05, 0) is 44.9 Å². The van der Waals surface area contributed by atoms with Gasteiger partial charge in [0.25, 0.3) is 0 Å². The van der Waals surface area contributed by atoms with Crippen molar-refractivity contribution in [3.8, 4) is 0 Å². The van der Waals surface area contributed by atoms with Crippen molar-refractivity contribution in [3.05, 3.63) is 24.3 Å². The predicted octanol–water partition coefficient (Wildman–Crippen LogP) is 9.33. The summed E-state index contributed by atoms with van der Waals surface area (Å²) in [6, 6.07) is 0. The van der Waals surface area contributed by atoms with E-state index in [1.165, 1.54) is 109 Å². The van der Waals surface area contributed by atoms with Crippen LogP contribution in [0.4, 0.5) is 0 Å². The van der Waals surface area contributed by atoms with E-state index in [1.54, 1.807) is 0 Å². The lowest BCUT2D eigenvalue weighted by Crippen LogP contribution is -2.59. The van der Waals surface area contributed by atoms with Crippen molar-refractivity contribution in [3.63, 3.8) is 0 Å². The minimum Gasteiger partial charge on any atom is -0.462 e. The van der Waals surface area contributed by atoms with Gasteiger partial charge in [-0.15, -0.1) is 0 Å². The molecule has 4 N–H and O–H groups in total. The molecule has 1 aliphatic heterocycles. The van der Waals surface area contributed by atoms with Gasteiger partial charge in [0, 0.05) is 12.8 Å². The Balaban J connectivity index is 2.26. The zero-order valence-electron chi connectivity index (χ0n) is 34.9. The summed E-state index contributed by atoms with van der Waals surface area (Å²) in [5.41, 5.74) is 0. The summed E-state index contributed by atoms with van der Waals surface area (Å²) in [7, 11) is 0. The van der Waals surface area contributed by atoms with Crippen molar-refractivity contribution >= 4 is 11.9 Å². The van der Waals surface area contributed by atoms with E-state index in [-0.39, 0.29) is 26.1 Å². The smallest absolute Gasteiger partial charge is 0.306 e. The van der Waals surface area contributed by atoms with E-state index < -0.39 is 55.4 Å². The van der Waals surface area contributed by atoms with Gasteiger partial charge in [-0.25, -0.2) is 0 Å². The lowest BCUT2D eigenvalue weighted by Gasteiger charge is -2.39. The first-order valence-electron chi connectivity index (χ1n) is 22.4. The van der Waals surface area contributed by atoms with Crippen LogP contribution in [-0.4, -0.2) is 89.0 Å². The molecule has 322 valence electrons. The van der Waals surface area contributed by atoms with Crippen molar-refractivity contribution in [2.75, 3.05) is 19.8 Å². The maximum Gasteiger partial charge on any atom is 0.306 e. The number of hydrogen-bond acceptors (Lipinski definition) is 10. The van der Waals surface area contributed by atoms with Crippen LogP contribution in [0, 0.1) is 0 Å². The summed E-state index contributed by atoms with van der Waals surface area (Å²) in [6.07, 6.45) is 32.3. The fraction of sp³-hybridized carbons (Fsp3) is 0.867. The van der Waals surface area contributed by atoms with E-state index in [0.717, 1.165) is 51.4 Å². The van der Waals surface area contributed by atoms with Gasteiger partial charge in [0.1, 0.15) is 31.0 Å². The second-order valence-corrected chi connectivity index (χ2v) is 15.5. The molecule has 6 atom stereocenters. The summed E-state index contributed by atoms with van der Waals surface area (Å²) in [5.74, 6) is -0.859. The second kappa shape index (κ2) is 36.5. The second-order valence-electron chi connectivity index (χ2n) is 15.5. The van der Waals surface area contributed by atoms with E-state index >= 15 is 0 Å². The zero-order valence-corrected chi connectivity index (χ0v) is 34.9. The highest BCUT2D eigenvalue weighted by Gasteiger charge is 2.44. The standard InChI is InChI=1S/C45H82O10/c1-3-5-7-9-11-12-13-14-15-16-17-18-19-20-21-22-23-24-25-26-28-30-32-34-41(48)54-38(36-52-40(47)33-31-29-27-10-8-6-4-2)37-53-45-44(51)43(50)42(49)39(35-46)55-45/h22-23,26,28,38-39,42-46,49-51H,3-21,24-25,27,29-37H2,1-2H3/b23-22+,28-26+/t38-,39+,42-,43?,44?,45+/m1/s1. The predicted molar refractivity (Wildman–Crippen MR) is 219 cm³/mol. The van der Waals surface area contributed by atoms with Crippen molar-refractivity contribution in [2.45, 2.75) is 230 Å². The number of allylic oxidation sites excluding steroid dienone is 4. The molecule has 0 bridgehead atoms. The monoisotopic (exact) mass is 783 g/mol. The van der Waals surface area contributed by atoms with Crippen LogP contribution in [0.5, 0.6) is 0 Å². The largest absolute Gasteiger partial charge is 0.462 e. The Morgan fingerprint density at radius 2 is 1.00 bits per heavy atom. The summed E-state index contributed by atoms with van der Waals surface area (Å²) in [5, 5.41) is 39.9. The molecular formula is C45H82O10. The molecule has 1 rings (SSSR count). The van der Waals surface area contributed by atoms with E-state index in [0.29, 0.717) is 6.42 Å². The SMILES string of the molecule is CCCCCCCCCCCCCCCC/C=C/CC/C=C/CCCC(=O)O[C@H](COC(=O)CCCCCCCCC)CO[C@H]1O[C@@H](CO)[C@@H](O)C(O)C1O. The highest BCUT2D eigenvalue weighted by atomic mass is 16.7. The number of esters is 2. The highest BCUT2D eigenvalue weighted by Crippen LogP contribution is 2.22. The highest BCUT2D eigenvalue weighted by molar-refractivity contribution is 5.70. The van der Waals surface area contributed by atoms with Crippen LogP contribution in [-0.2, 0) is 28.5 Å². The molecule has 0 aromatic heterocycles. The van der Waals surface area contributed by atoms with Crippen LogP contribution in [0.3, 0.4) is 0 Å². The quantitative estimate of drug-likeness (QED) is 0.0273. The molecule has 0 saturated carbocycles. The molecule has 1 heterocycles. The molecular weight excluding hydrogens is 700 g/mol. The number of hydrogen-bond donors (Lipinski definition) is 4. The van der Waals surface area contributed by atoms with Gasteiger partial charge >= 0.3 is 11.9 Å². The fourth-order valence-electron chi connectivity index (χ4n) is 6.74. The maximum absolute atomic E-state index is 12.7. The number of aliphatic hydroxyl groups excluding tert-OH is 4. The number of carbonyl (C=O) groups excluding carboxylic acids is 2. The van der Waals surface area contributed by atoms with Crippen LogP contribution in [0.1, 0.15) is 194 Å². The summed E-state index contributed by atoms with van der Waals surface area (Å²) >= 11 is 0. The molecule has 0 aromatic rings. The molecule has 1 aliphatic rings. The summed E-state index contributed by atoms with van der Waals surface area (Å²) in [4.78, 5) is 25.1. The molecule has 55 heavy (non-hydrogen) atoms. The van der Waals surface area contributed by atoms with Crippen LogP contribution in [0.25, 0.3) is 0 Å². The Kier molecular flexibility index (Phi) is 34.0. The lowest BCUT2D eigenvalue weighted by atomic mass is 9.99. The first-order valence-corrected chi connectivity index (χ1v) is 22.4. The van der Waals surface area contributed by atoms with E-state index in [4.69, 9.17) is 18.9 Å². The van der Waals surface area contributed by atoms with Crippen LogP contribution < -0.4 is 0 Å². The first-order chi connectivity index (χ1) is 26.8. The minimum absolute atomic E-state index is 0.173. The van der Waals surface area contributed by atoms with Crippen LogP contribution >= 0.6 is 0 Å². The average molecular weight is 783 g/mol. The first kappa shape index (κ1) is 51.2. The molecule has 1 saturated heterocycles. The van der Waals surface area contributed by atoms with E-state index in [1.807, 2.05) is 0 Å². The Labute approximate surface area is 334 Å². The number of ether oxygens (including phenoxy) is 4. The van der Waals surface area contributed by atoms with E-state index in [2.05, 4.69) is 38.2 Å². The third kappa shape index (κ3) is 28.3. The van der Waals surface area contributed by atoms with Gasteiger partial charge in [0.2, 0.25) is 0 Å². The van der Waals surface area contributed by atoms with Gasteiger partial charge in [-0.2, -0.15) is 0 Å². The van der Waals surface area contributed by atoms with Gasteiger partial charge in [-0.3, -0.25) is 9.59 Å². The summed E-state index contributed by atoms with van der Waals surface area (Å²) in [6.45, 7) is 3.34. The normalized spacial score (nSPS) is 20.7. The average Bonchev–Trinajstić information content (AvgIpc) is 3.18. The number of rotatable bonds is 37. The van der Waals surface area contributed by atoms with Gasteiger partial charge < -0.3 is 39.4 Å². The Hall–Kier alpha value is -1.82. The number of unbranched alkanes of at least 4 members (excludes halogenated alkanes) is 22. The van der Waals surface area contributed by atoms with Crippen LogP contribution in [0.2, 0.25) is 0 Å². The Morgan fingerprint density at radius 3 is 1.53 bits per heavy atom. The third-order valence-electron chi connectivity index (χ3n) is 10.3. The lowest BCUT2D eigenvalue weighted by molar-refractivity contribution is -0.305. The molecule has 0 aromatic carbocycles. The summed E-state index contributed by atoms with van der Waals surface area (Å²) < 4.78 is 22.0. The molecule has 1 fully saturated rings. The molecule has 0 amide bonds. The van der Waals surface area contributed by atoms with Crippen molar-refractivity contribution in [2.24, 2.45) is 0 Å². The topological polar surface area (TPSA) is 152 Å². The molecule has 0 spiro atoms. The minimum atomic E-state index is -1.60. The molecule has 10 nitrogen and oxygen atoms in total. The molecule has 0 radical (unpaired) electrons. The molecule has 10 heteroatoms. The van der Waals surface area contributed by atoms with Crippen LogP contribution in [0.15, 0.2) is 24.3 Å². The van der Waals surface area contributed by atoms with Gasteiger partial charge in [0.05, 0.1) is 13.2 Å². The Morgan fingerprint density at radius 1 is 0.545 bits per heavy atom. The molecule has 0 aliphatic carbocycles. The third-order valence-corrected chi connectivity index (χ3v) is 10.3. The van der Waals surface area contributed by atoms with Crippen molar-refractivity contribution < 1.29 is 49.0 Å². The van der Waals surface area contributed by atoms with Gasteiger partial charge in [-0.1, -0.05) is 160 Å². The fourth-order valence-corrected chi connectivity index (χ4v) is 6.74. The zero-order chi connectivity index (χ0) is 40.2. The van der Waals surface area contributed by atoms with Crippen molar-refractivity contribution in [1.29, 1.82) is 0 Å². The molecule has 2 unspecified atom stereocenters. The van der Waals surface area contributed by atoms with Crippen molar-refractivity contribution in [1.82, 2.24) is 0 Å². The van der Waals surface area contributed by atoms with E-state index in [9.17, 15) is 30.0 Å². The maximum atomic E-state index is 12.7. The van der Waals surface area contributed by atoms with Gasteiger partial charge in [0.15, 0.2) is 12.4 Å².